The molecule has 0 bridgehead atoms. The average molecular weight is 354 g/mol. The summed E-state index contributed by atoms with van der Waals surface area (Å²) in [5, 5.41) is 2.83. The summed E-state index contributed by atoms with van der Waals surface area (Å²) < 4.78 is 26.9. The molecule has 2 nitrogen and oxygen atoms in total. The largest absolute Gasteiger partial charge is 0.349 e. The third-order valence-corrected chi connectivity index (χ3v) is 3.62. The van der Waals surface area contributed by atoms with Crippen LogP contribution in [0.3, 0.4) is 0 Å². The van der Waals surface area contributed by atoms with Crippen molar-refractivity contribution in [3.8, 4) is 0 Å². The predicted octanol–water partition coefficient (Wildman–Crippen LogP) is 4.15. The Hall–Kier alpha value is -1.75. The Balaban J connectivity index is 1.97. The molecule has 1 N–H and O–H groups in total. The van der Waals surface area contributed by atoms with Gasteiger partial charge in [-0.05, 0) is 42.3 Å². The van der Waals surface area contributed by atoms with Gasteiger partial charge in [-0.2, -0.15) is 0 Å². The summed E-state index contributed by atoms with van der Waals surface area (Å²) in [7, 11) is 0. The molecule has 0 aromatic heterocycles. The van der Waals surface area contributed by atoms with Crippen LogP contribution >= 0.6 is 15.9 Å². The summed E-state index contributed by atoms with van der Waals surface area (Å²) in [5.41, 5.74) is 1.41. The van der Waals surface area contributed by atoms with Crippen molar-refractivity contribution in [3.05, 3.63) is 69.7 Å². The third kappa shape index (κ3) is 4.36. The second-order valence-corrected chi connectivity index (χ2v) is 5.68. The van der Waals surface area contributed by atoms with E-state index in [2.05, 4.69) is 21.2 Å². The first-order valence-corrected chi connectivity index (χ1v) is 7.24. The zero-order valence-electron chi connectivity index (χ0n) is 11.4. The van der Waals surface area contributed by atoms with Gasteiger partial charge >= 0.3 is 0 Å². The van der Waals surface area contributed by atoms with E-state index in [0.717, 1.165) is 22.2 Å². The van der Waals surface area contributed by atoms with E-state index in [9.17, 15) is 13.6 Å². The maximum Gasteiger partial charge on any atom is 0.224 e. The Morgan fingerprint density at radius 3 is 2.43 bits per heavy atom. The predicted molar refractivity (Wildman–Crippen MR) is 80.8 cm³/mol. The Labute approximate surface area is 130 Å². The molecule has 0 aliphatic carbocycles. The normalized spacial score (nSPS) is 12.0. The molecule has 110 valence electrons. The van der Waals surface area contributed by atoms with E-state index in [1.807, 2.05) is 31.2 Å². The van der Waals surface area contributed by atoms with E-state index in [4.69, 9.17) is 0 Å². The highest BCUT2D eigenvalue weighted by Gasteiger charge is 2.11. The van der Waals surface area contributed by atoms with Crippen LogP contribution in [-0.4, -0.2) is 5.91 Å². The molecule has 0 radical (unpaired) electrons. The molecule has 0 saturated heterocycles. The molecule has 2 aromatic carbocycles. The van der Waals surface area contributed by atoms with Gasteiger partial charge in [-0.15, -0.1) is 0 Å². The molecule has 0 aliphatic heterocycles. The number of halogens is 3. The highest BCUT2D eigenvalue weighted by molar-refractivity contribution is 9.10. The zero-order valence-corrected chi connectivity index (χ0v) is 13.0. The van der Waals surface area contributed by atoms with Crippen molar-refractivity contribution in [1.29, 1.82) is 0 Å². The highest BCUT2D eigenvalue weighted by Crippen LogP contribution is 2.17. The zero-order chi connectivity index (χ0) is 15.4. The van der Waals surface area contributed by atoms with Crippen molar-refractivity contribution in [2.75, 3.05) is 0 Å². The van der Waals surface area contributed by atoms with Crippen molar-refractivity contribution in [3.63, 3.8) is 0 Å². The molecule has 0 saturated carbocycles. The van der Waals surface area contributed by atoms with Gasteiger partial charge in [-0.1, -0.05) is 34.1 Å². The van der Waals surface area contributed by atoms with Crippen LogP contribution in [-0.2, 0) is 11.2 Å². The summed E-state index contributed by atoms with van der Waals surface area (Å²) in [6.45, 7) is 1.87. The molecule has 1 unspecified atom stereocenters. The maximum absolute atomic E-state index is 13.1. The van der Waals surface area contributed by atoms with Crippen LogP contribution in [0.15, 0.2) is 46.9 Å². The van der Waals surface area contributed by atoms with Crippen LogP contribution in [0.5, 0.6) is 0 Å². The number of benzene rings is 2. The lowest BCUT2D eigenvalue weighted by atomic mass is 10.1. The molecule has 0 heterocycles. The second-order valence-electron chi connectivity index (χ2n) is 4.77. The van der Waals surface area contributed by atoms with Gasteiger partial charge in [0.1, 0.15) is 0 Å². The van der Waals surface area contributed by atoms with Crippen molar-refractivity contribution in [2.45, 2.75) is 19.4 Å². The average Bonchev–Trinajstić information content (AvgIpc) is 2.43. The molecule has 1 amide bonds. The summed E-state index contributed by atoms with van der Waals surface area (Å²) in [4.78, 5) is 11.9. The molecule has 21 heavy (non-hydrogen) atoms. The Bertz CT molecular complexity index is 643. The molecule has 0 fully saturated rings. The third-order valence-electron chi connectivity index (χ3n) is 3.10. The molecular formula is C16H14BrF2NO. The van der Waals surface area contributed by atoms with Crippen molar-refractivity contribution >= 4 is 21.8 Å². The summed E-state index contributed by atoms with van der Waals surface area (Å²) in [5.74, 6) is -2.10. The lowest BCUT2D eigenvalue weighted by Crippen LogP contribution is -2.28. The SMILES string of the molecule is CC(NC(=O)Cc1ccc(F)c(F)c1)c1ccc(Br)cc1. The maximum atomic E-state index is 13.1. The Morgan fingerprint density at radius 2 is 1.81 bits per heavy atom. The van der Waals surface area contributed by atoms with Crippen LogP contribution in [0.1, 0.15) is 24.1 Å². The second kappa shape index (κ2) is 6.80. The van der Waals surface area contributed by atoms with Gasteiger partial charge in [0.15, 0.2) is 11.6 Å². The monoisotopic (exact) mass is 353 g/mol. The van der Waals surface area contributed by atoms with Gasteiger partial charge < -0.3 is 5.32 Å². The number of carbonyl (C=O) groups is 1. The van der Waals surface area contributed by atoms with Gasteiger partial charge in [0.25, 0.3) is 0 Å². The van der Waals surface area contributed by atoms with Gasteiger partial charge in [0, 0.05) is 4.47 Å². The van der Waals surface area contributed by atoms with E-state index in [0.29, 0.717) is 5.56 Å². The lowest BCUT2D eigenvalue weighted by molar-refractivity contribution is -0.121. The van der Waals surface area contributed by atoms with Crippen LogP contribution in [0.25, 0.3) is 0 Å². The topological polar surface area (TPSA) is 29.1 Å². The van der Waals surface area contributed by atoms with Crippen molar-refractivity contribution in [1.82, 2.24) is 5.32 Å². The smallest absolute Gasteiger partial charge is 0.224 e. The summed E-state index contributed by atoms with van der Waals surface area (Å²) in [6, 6.07) is 10.9. The molecule has 2 rings (SSSR count). The minimum atomic E-state index is -0.943. The summed E-state index contributed by atoms with van der Waals surface area (Å²) >= 11 is 3.35. The minimum absolute atomic E-state index is 0.0120. The molecular weight excluding hydrogens is 340 g/mol. The van der Waals surface area contributed by atoms with E-state index in [-0.39, 0.29) is 18.4 Å². The van der Waals surface area contributed by atoms with Crippen LogP contribution in [0.2, 0.25) is 0 Å². The molecule has 1 atom stereocenters. The number of nitrogens with one attached hydrogen (secondary N) is 1. The van der Waals surface area contributed by atoms with Gasteiger partial charge in [0.05, 0.1) is 12.5 Å². The van der Waals surface area contributed by atoms with Crippen molar-refractivity contribution in [2.24, 2.45) is 0 Å². The molecule has 0 spiro atoms. The first-order valence-electron chi connectivity index (χ1n) is 6.44. The van der Waals surface area contributed by atoms with E-state index >= 15 is 0 Å². The highest BCUT2D eigenvalue weighted by atomic mass is 79.9. The van der Waals surface area contributed by atoms with Gasteiger partial charge in [0.2, 0.25) is 5.91 Å². The Morgan fingerprint density at radius 1 is 1.14 bits per heavy atom. The van der Waals surface area contributed by atoms with Crippen molar-refractivity contribution < 1.29 is 13.6 Å². The fourth-order valence-corrected chi connectivity index (χ4v) is 2.23. The molecule has 2 aromatic rings. The van der Waals surface area contributed by atoms with Crippen LogP contribution in [0, 0.1) is 11.6 Å². The quantitative estimate of drug-likeness (QED) is 0.878. The fourth-order valence-electron chi connectivity index (χ4n) is 1.96. The number of hydrogen-bond donors (Lipinski definition) is 1. The number of rotatable bonds is 4. The number of hydrogen-bond acceptors (Lipinski definition) is 1. The number of carbonyl (C=O) groups excluding carboxylic acids is 1. The summed E-state index contributed by atoms with van der Waals surface area (Å²) in [6.07, 6.45) is 0.0120. The number of amides is 1. The molecule has 0 aliphatic rings. The fraction of sp³-hybridized carbons (Fsp3) is 0.188. The molecule has 5 heteroatoms. The van der Waals surface area contributed by atoms with E-state index < -0.39 is 11.6 Å². The lowest BCUT2D eigenvalue weighted by Gasteiger charge is -2.14. The van der Waals surface area contributed by atoms with Crippen LogP contribution < -0.4 is 5.32 Å². The van der Waals surface area contributed by atoms with Gasteiger partial charge in [-0.25, -0.2) is 8.78 Å². The Kier molecular flexibility index (Phi) is 5.07. The van der Waals surface area contributed by atoms with E-state index in [1.165, 1.54) is 6.07 Å². The first-order chi connectivity index (χ1) is 9.95. The van der Waals surface area contributed by atoms with E-state index in [1.54, 1.807) is 0 Å². The first kappa shape index (κ1) is 15.6. The minimum Gasteiger partial charge on any atom is -0.349 e. The van der Waals surface area contributed by atoms with Crippen LogP contribution in [0.4, 0.5) is 8.78 Å². The standard InChI is InChI=1S/C16H14BrF2NO/c1-10(12-3-5-13(17)6-4-12)20-16(21)9-11-2-7-14(18)15(19)8-11/h2-8,10H,9H2,1H3,(H,20,21). The van der Waals surface area contributed by atoms with Gasteiger partial charge in [-0.3, -0.25) is 4.79 Å².